The Morgan fingerprint density at radius 2 is 1.85 bits per heavy atom. The first kappa shape index (κ1) is 18.7. The summed E-state index contributed by atoms with van der Waals surface area (Å²) in [7, 11) is 4.96. The Balaban J connectivity index is 1.62. The van der Waals surface area contributed by atoms with Crippen molar-refractivity contribution in [3.8, 4) is 22.1 Å². The molecule has 0 spiro atoms. The molecule has 0 unspecified atom stereocenters. The largest absolute Gasteiger partial charge is 0.493 e. The first-order chi connectivity index (χ1) is 13.2. The highest BCUT2D eigenvalue weighted by molar-refractivity contribution is 7.13. The molecular formula is C20H22N4O2S. The van der Waals surface area contributed by atoms with E-state index in [1.807, 2.05) is 36.4 Å². The summed E-state index contributed by atoms with van der Waals surface area (Å²) in [5.74, 6) is 1.99. The fourth-order valence-electron chi connectivity index (χ4n) is 2.51. The lowest BCUT2D eigenvalue weighted by atomic mass is 10.2. The topological polar surface area (TPSA) is 67.8 Å². The number of nitrogens with zero attached hydrogens (tertiary/aromatic N) is 2. The van der Waals surface area contributed by atoms with E-state index in [2.05, 4.69) is 38.1 Å². The Labute approximate surface area is 162 Å². The number of nitrogens with one attached hydrogen (secondary N) is 2. The Morgan fingerprint density at radius 3 is 2.56 bits per heavy atom. The summed E-state index contributed by atoms with van der Waals surface area (Å²) in [5, 5.41) is 9.58. The molecule has 27 heavy (non-hydrogen) atoms. The third kappa shape index (κ3) is 4.77. The zero-order valence-electron chi connectivity index (χ0n) is 15.5. The maximum Gasteiger partial charge on any atom is 0.195 e. The maximum atomic E-state index is 5.33. The molecule has 0 saturated carbocycles. The van der Waals surface area contributed by atoms with Gasteiger partial charge in [0.05, 0.1) is 26.5 Å². The molecule has 0 aliphatic heterocycles. The third-order valence-electron chi connectivity index (χ3n) is 3.88. The van der Waals surface area contributed by atoms with Crippen LogP contribution in [0.5, 0.6) is 11.5 Å². The second-order valence-electron chi connectivity index (χ2n) is 5.63. The molecule has 0 amide bonds. The van der Waals surface area contributed by atoms with Crippen molar-refractivity contribution in [2.75, 3.05) is 26.6 Å². The van der Waals surface area contributed by atoms with Crippen LogP contribution in [0.4, 0.5) is 5.69 Å². The molecule has 3 rings (SSSR count). The highest BCUT2D eigenvalue weighted by Gasteiger charge is 2.08. The zero-order valence-corrected chi connectivity index (χ0v) is 16.3. The first-order valence-corrected chi connectivity index (χ1v) is 9.31. The lowest BCUT2D eigenvalue weighted by molar-refractivity contribution is 0.355. The van der Waals surface area contributed by atoms with Gasteiger partial charge in [-0.05, 0) is 12.1 Å². The molecule has 6 nitrogen and oxygen atoms in total. The predicted octanol–water partition coefficient (Wildman–Crippen LogP) is 4.01. The fourth-order valence-corrected chi connectivity index (χ4v) is 3.33. The van der Waals surface area contributed by atoms with Crippen molar-refractivity contribution in [3.63, 3.8) is 0 Å². The average molecular weight is 382 g/mol. The van der Waals surface area contributed by atoms with E-state index in [0.717, 1.165) is 22.0 Å². The summed E-state index contributed by atoms with van der Waals surface area (Å²) in [6, 6.07) is 15.8. The Bertz CT molecular complexity index is 909. The van der Waals surface area contributed by atoms with Crippen molar-refractivity contribution < 1.29 is 9.47 Å². The molecular weight excluding hydrogens is 360 g/mol. The molecule has 0 radical (unpaired) electrons. The van der Waals surface area contributed by atoms with Crippen LogP contribution in [0.1, 0.15) is 5.69 Å². The standard InChI is InChI=1S/C20H22N4O2S/c1-21-20(24-15-9-10-17(25-2)18(11-15)26-3)22-12-16-13-27-19(23-16)14-7-5-4-6-8-14/h4-11,13H,12H2,1-3H3,(H2,21,22,24). The van der Waals surface area contributed by atoms with Crippen LogP contribution in [0.2, 0.25) is 0 Å². The number of rotatable bonds is 6. The molecule has 1 heterocycles. The summed E-state index contributed by atoms with van der Waals surface area (Å²) in [5.41, 5.74) is 2.94. The summed E-state index contributed by atoms with van der Waals surface area (Å²) < 4.78 is 10.6. The van der Waals surface area contributed by atoms with Crippen molar-refractivity contribution in [2.45, 2.75) is 6.54 Å². The molecule has 2 aromatic carbocycles. The van der Waals surface area contributed by atoms with E-state index in [1.54, 1.807) is 32.6 Å². The summed E-state index contributed by atoms with van der Waals surface area (Å²) >= 11 is 1.63. The smallest absolute Gasteiger partial charge is 0.195 e. The number of aliphatic imine (C=N–C) groups is 1. The number of hydrogen-bond acceptors (Lipinski definition) is 5. The van der Waals surface area contributed by atoms with Crippen molar-refractivity contribution in [3.05, 3.63) is 59.6 Å². The van der Waals surface area contributed by atoms with Gasteiger partial charge >= 0.3 is 0 Å². The number of hydrogen-bond donors (Lipinski definition) is 2. The predicted molar refractivity (Wildman–Crippen MR) is 111 cm³/mol. The summed E-state index contributed by atoms with van der Waals surface area (Å²) in [4.78, 5) is 8.94. The van der Waals surface area contributed by atoms with E-state index < -0.39 is 0 Å². The van der Waals surface area contributed by atoms with Gasteiger partial charge in [-0.2, -0.15) is 0 Å². The quantitative estimate of drug-likeness (QED) is 0.498. The molecule has 3 aromatic rings. The average Bonchev–Trinajstić information content (AvgIpc) is 3.20. The van der Waals surface area contributed by atoms with E-state index >= 15 is 0 Å². The minimum absolute atomic E-state index is 0.580. The van der Waals surface area contributed by atoms with E-state index in [-0.39, 0.29) is 0 Å². The minimum atomic E-state index is 0.580. The number of anilines is 1. The van der Waals surface area contributed by atoms with Gasteiger partial charge in [0, 0.05) is 29.7 Å². The van der Waals surface area contributed by atoms with Gasteiger partial charge in [0.25, 0.3) is 0 Å². The van der Waals surface area contributed by atoms with Crippen LogP contribution >= 0.6 is 11.3 Å². The van der Waals surface area contributed by atoms with E-state index in [9.17, 15) is 0 Å². The molecule has 1 aromatic heterocycles. The second-order valence-corrected chi connectivity index (χ2v) is 6.49. The molecule has 0 aliphatic rings. The molecule has 2 N–H and O–H groups in total. The Hall–Kier alpha value is -3.06. The maximum absolute atomic E-state index is 5.33. The minimum Gasteiger partial charge on any atom is -0.493 e. The Kier molecular flexibility index (Phi) is 6.27. The van der Waals surface area contributed by atoms with E-state index in [0.29, 0.717) is 24.0 Å². The van der Waals surface area contributed by atoms with Crippen LogP contribution in [0.15, 0.2) is 58.9 Å². The number of ether oxygens (including phenoxy) is 2. The van der Waals surface area contributed by atoms with Gasteiger partial charge in [0.2, 0.25) is 0 Å². The fraction of sp³-hybridized carbons (Fsp3) is 0.200. The van der Waals surface area contributed by atoms with Crippen molar-refractivity contribution in [1.29, 1.82) is 0 Å². The molecule has 0 atom stereocenters. The van der Waals surface area contributed by atoms with Gasteiger partial charge in [0.15, 0.2) is 17.5 Å². The van der Waals surface area contributed by atoms with Crippen LogP contribution in [0.3, 0.4) is 0 Å². The van der Waals surface area contributed by atoms with Crippen LogP contribution in [0.25, 0.3) is 10.6 Å². The summed E-state index contributed by atoms with van der Waals surface area (Å²) in [6.07, 6.45) is 0. The van der Waals surface area contributed by atoms with Gasteiger partial charge in [0.1, 0.15) is 5.01 Å². The lowest BCUT2D eigenvalue weighted by Gasteiger charge is -2.13. The van der Waals surface area contributed by atoms with Gasteiger partial charge < -0.3 is 20.1 Å². The van der Waals surface area contributed by atoms with Gasteiger partial charge in [-0.25, -0.2) is 4.98 Å². The zero-order chi connectivity index (χ0) is 19.1. The number of aromatic nitrogens is 1. The molecule has 7 heteroatoms. The third-order valence-corrected chi connectivity index (χ3v) is 4.82. The van der Waals surface area contributed by atoms with Crippen molar-refractivity contribution in [1.82, 2.24) is 10.3 Å². The number of benzene rings is 2. The highest BCUT2D eigenvalue weighted by atomic mass is 32.1. The normalized spacial score (nSPS) is 11.1. The summed E-state index contributed by atoms with van der Waals surface area (Å²) in [6.45, 7) is 0.580. The van der Waals surface area contributed by atoms with Crippen molar-refractivity contribution in [2.24, 2.45) is 4.99 Å². The van der Waals surface area contributed by atoms with E-state index in [4.69, 9.17) is 9.47 Å². The molecule has 0 fully saturated rings. The van der Waals surface area contributed by atoms with E-state index in [1.165, 1.54) is 0 Å². The molecule has 0 bridgehead atoms. The SMILES string of the molecule is CN=C(NCc1csc(-c2ccccc2)n1)Nc1ccc(OC)c(OC)c1. The second kappa shape index (κ2) is 9.05. The van der Waals surface area contributed by atoms with Crippen LogP contribution < -0.4 is 20.1 Å². The molecule has 0 saturated heterocycles. The van der Waals surface area contributed by atoms with Crippen LogP contribution in [-0.4, -0.2) is 32.2 Å². The molecule has 0 aliphatic carbocycles. The van der Waals surface area contributed by atoms with Gasteiger partial charge in [-0.3, -0.25) is 4.99 Å². The van der Waals surface area contributed by atoms with Gasteiger partial charge in [-0.15, -0.1) is 11.3 Å². The van der Waals surface area contributed by atoms with Crippen LogP contribution in [-0.2, 0) is 6.54 Å². The molecule has 140 valence electrons. The van der Waals surface area contributed by atoms with Crippen LogP contribution in [0, 0.1) is 0 Å². The van der Waals surface area contributed by atoms with Crippen molar-refractivity contribution >= 4 is 23.0 Å². The number of guanidine groups is 1. The highest BCUT2D eigenvalue weighted by Crippen LogP contribution is 2.29. The number of thiazole rings is 1. The first-order valence-electron chi connectivity index (χ1n) is 8.43. The Morgan fingerprint density at radius 1 is 1.07 bits per heavy atom. The van der Waals surface area contributed by atoms with Gasteiger partial charge in [-0.1, -0.05) is 30.3 Å². The monoisotopic (exact) mass is 382 g/mol. The number of methoxy groups -OCH3 is 2. The lowest BCUT2D eigenvalue weighted by Crippen LogP contribution is -2.30.